The SMILES string of the molecule is Cn1cc([C@@](C)(O)c2cc(F)c3c(c2)C(=O)N(Cc2ccc(Cl)cc2S(C)(=O)=O)[C@@]3(OCC2(O)CC2)c2ccc(Cl)cc2)cn1. The highest BCUT2D eigenvalue weighted by Crippen LogP contribution is 2.50. The Hall–Kier alpha value is -3.32. The first kappa shape index (κ1) is 31.7. The number of aromatic nitrogens is 2. The summed E-state index contributed by atoms with van der Waals surface area (Å²) in [6.07, 6.45) is 4.97. The average Bonchev–Trinajstić information content (AvgIpc) is 3.45. The Morgan fingerprint density at radius 3 is 2.33 bits per heavy atom. The van der Waals surface area contributed by atoms with Crippen molar-refractivity contribution < 1.29 is 32.6 Å². The Kier molecular flexibility index (Phi) is 7.66. The molecule has 0 bridgehead atoms. The molecule has 0 radical (unpaired) electrons. The number of ether oxygens (including phenoxy) is 1. The van der Waals surface area contributed by atoms with Crippen molar-refractivity contribution in [3.63, 3.8) is 0 Å². The number of amides is 1. The van der Waals surface area contributed by atoms with Crippen molar-refractivity contribution in [1.82, 2.24) is 14.7 Å². The van der Waals surface area contributed by atoms with E-state index in [9.17, 15) is 23.4 Å². The van der Waals surface area contributed by atoms with Crippen molar-refractivity contribution >= 4 is 38.9 Å². The van der Waals surface area contributed by atoms with Gasteiger partial charge in [-0.2, -0.15) is 5.10 Å². The Labute approximate surface area is 269 Å². The maximum atomic E-state index is 16.7. The van der Waals surface area contributed by atoms with Crippen LogP contribution in [0.4, 0.5) is 4.39 Å². The van der Waals surface area contributed by atoms with Crippen LogP contribution in [0.2, 0.25) is 10.0 Å². The zero-order valence-electron chi connectivity index (χ0n) is 24.6. The van der Waals surface area contributed by atoms with Gasteiger partial charge in [-0.05, 0) is 67.3 Å². The van der Waals surface area contributed by atoms with Crippen LogP contribution in [0.3, 0.4) is 0 Å². The first-order valence-electron chi connectivity index (χ1n) is 14.0. The minimum absolute atomic E-state index is 0.0936. The minimum Gasteiger partial charge on any atom is -0.387 e. The largest absolute Gasteiger partial charge is 0.387 e. The quantitative estimate of drug-likeness (QED) is 0.259. The second-order valence-electron chi connectivity index (χ2n) is 11.9. The number of nitrogens with zero attached hydrogens (tertiary/aromatic N) is 3. The molecule has 1 fully saturated rings. The Balaban J connectivity index is 1.60. The van der Waals surface area contributed by atoms with Gasteiger partial charge in [0.1, 0.15) is 11.4 Å². The van der Waals surface area contributed by atoms with Gasteiger partial charge in [0.2, 0.25) is 0 Å². The molecule has 2 aliphatic rings. The number of aryl methyl sites for hydroxylation is 1. The highest BCUT2D eigenvalue weighted by molar-refractivity contribution is 7.90. The van der Waals surface area contributed by atoms with Crippen LogP contribution in [0.1, 0.15) is 57.9 Å². The highest BCUT2D eigenvalue weighted by atomic mass is 35.5. The summed E-state index contributed by atoms with van der Waals surface area (Å²) in [6.45, 7) is 0.898. The predicted octanol–water partition coefficient (Wildman–Crippen LogP) is 4.92. The zero-order chi connectivity index (χ0) is 32.5. The lowest BCUT2D eigenvalue weighted by molar-refractivity contribution is -0.139. The van der Waals surface area contributed by atoms with E-state index in [1.165, 1.54) is 47.0 Å². The molecule has 13 heteroatoms. The minimum atomic E-state index is -3.81. The highest BCUT2D eigenvalue weighted by Gasteiger charge is 2.56. The van der Waals surface area contributed by atoms with Gasteiger partial charge in [-0.25, -0.2) is 12.8 Å². The molecule has 236 valence electrons. The first-order valence-corrected chi connectivity index (χ1v) is 16.7. The van der Waals surface area contributed by atoms with Crippen molar-refractivity contribution in [1.29, 1.82) is 0 Å². The number of fused-ring (bicyclic) bond motifs is 1. The molecule has 3 aromatic carbocycles. The summed E-state index contributed by atoms with van der Waals surface area (Å²) >= 11 is 12.4. The van der Waals surface area contributed by atoms with Gasteiger partial charge < -0.3 is 14.9 Å². The first-order chi connectivity index (χ1) is 21.0. The number of hydrogen-bond donors (Lipinski definition) is 2. The van der Waals surface area contributed by atoms with E-state index in [2.05, 4.69) is 5.10 Å². The van der Waals surface area contributed by atoms with Gasteiger partial charge in [0.25, 0.3) is 5.91 Å². The third kappa shape index (κ3) is 5.55. The van der Waals surface area contributed by atoms with E-state index in [-0.39, 0.29) is 45.3 Å². The topological polar surface area (TPSA) is 122 Å². The summed E-state index contributed by atoms with van der Waals surface area (Å²) in [6, 6.07) is 13.2. The molecule has 45 heavy (non-hydrogen) atoms. The van der Waals surface area contributed by atoms with Crippen LogP contribution >= 0.6 is 23.2 Å². The molecule has 6 rings (SSSR count). The van der Waals surface area contributed by atoms with Crippen molar-refractivity contribution in [2.24, 2.45) is 7.05 Å². The van der Waals surface area contributed by atoms with E-state index < -0.39 is 38.5 Å². The van der Waals surface area contributed by atoms with Crippen molar-refractivity contribution in [2.75, 3.05) is 12.9 Å². The molecule has 0 saturated heterocycles. The van der Waals surface area contributed by atoms with E-state index in [0.29, 0.717) is 29.0 Å². The molecule has 4 aromatic rings. The lowest BCUT2D eigenvalue weighted by atomic mass is 9.85. The van der Waals surface area contributed by atoms with Gasteiger partial charge in [-0.3, -0.25) is 14.4 Å². The number of carbonyl (C=O) groups excluding carboxylic acids is 1. The van der Waals surface area contributed by atoms with Crippen LogP contribution in [0, 0.1) is 5.82 Å². The van der Waals surface area contributed by atoms with Crippen LogP contribution in [0.15, 0.2) is 71.9 Å². The molecule has 0 unspecified atom stereocenters. The summed E-state index contributed by atoms with van der Waals surface area (Å²) in [4.78, 5) is 15.7. The van der Waals surface area contributed by atoms with Gasteiger partial charge in [0.15, 0.2) is 15.6 Å². The van der Waals surface area contributed by atoms with E-state index in [1.54, 1.807) is 37.5 Å². The van der Waals surface area contributed by atoms with E-state index in [0.717, 1.165) is 12.3 Å². The predicted molar refractivity (Wildman–Crippen MR) is 165 cm³/mol. The second kappa shape index (κ2) is 10.9. The molecular formula is C32H30Cl2FN3O6S. The van der Waals surface area contributed by atoms with Crippen LogP contribution in [-0.2, 0) is 39.5 Å². The maximum Gasteiger partial charge on any atom is 0.257 e. The number of hydrogen-bond acceptors (Lipinski definition) is 7. The maximum absolute atomic E-state index is 16.7. The standard InChI is InChI=1S/C32H30Cl2FN3O6S/c1-30(40,22-15-36-37(2)17-22)21-12-25-28(26(35)13-21)32(44-18-31(41)10-11-31,20-5-8-23(33)9-6-20)38(29(25)39)16-19-4-7-24(34)14-27(19)45(3,42)43/h4-9,12-15,17,40-41H,10-11,16,18H2,1-3H3/t30-,32+/m0/s1. The fraction of sp³-hybridized carbons (Fsp3) is 0.312. The average molecular weight is 675 g/mol. The normalized spacial score (nSPS) is 20.3. The second-order valence-corrected chi connectivity index (χ2v) is 14.8. The van der Waals surface area contributed by atoms with Crippen LogP contribution < -0.4 is 0 Å². The Bertz CT molecular complexity index is 1940. The Morgan fingerprint density at radius 2 is 1.73 bits per heavy atom. The van der Waals surface area contributed by atoms with Gasteiger partial charge in [0.05, 0.1) is 41.0 Å². The molecule has 0 spiro atoms. The summed E-state index contributed by atoms with van der Waals surface area (Å²) in [7, 11) is -2.14. The van der Waals surface area contributed by atoms with E-state index in [1.807, 2.05) is 0 Å². The van der Waals surface area contributed by atoms with Gasteiger partial charge in [0, 0.05) is 40.7 Å². The smallest absolute Gasteiger partial charge is 0.257 e. The fourth-order valence-electron chi connectivity index (χ4n) is 5.76. The fourth-order valence-corrected chi connectivity index (χ4v) is 7.07. The molecule has 1 aliphatic carbocycles. The summed E-state index contributed by atoms with van der Waals surface area (Å²) in [5.41, 5.74) is -4.08. The van der Waals surface area contributed by atoms with Crippen molar-refractivity contribution in [3.05, 3.63) is 116 Å². The molecule has 9 nitrogen and oxygen atoms in total. The number of rotatable bonds is 9. The van der Waals surface area contributed by atoms with Gasteiger partial charge in [-0.15, -0.1) is 0 Å². The monoisotopic (exact) mass is 673 g/mol. The molecule has 2 N–H and O–H groups in total. The van der Waals surface area contributed by atoms with Gasteiger partial charge in [-0.1, -0.05) is 41.4 Å². The summed E-state index contributed by atoms with van der Waals surface area (Å²) in [5, 5.41) is 27.1. The molecule has 2 heterocycles. The van der Waals surface area contributed by atoms with E-state index in [4.69, 9.17) is 27.9 Å². The number of benzene rings is 3. The number of carbonyl (C=O) groups is 1. The number of sulfone groups is 1. The Morgan fingerprint density at radius 1 is 1.07 bits per heavy atom. The molecule has 1 aromatic heterocycles. The third-order valence-electron chi connectivity index (χ3n) is 8.48. The third-order valence-corrected chi connectivity index (χ3v) is 10.1. The number of aliphatic hydroxyl groups is 2. The summed E-state index contributed by atoms with van der Waals surface area (Å²) in [5.74, 6) is -1.53. The van der Waals surface area contributed by atoms with Gasteiger partial charge >= 0.3 is 0 Å². The molecule has 1 saturated carbocycles. The van der Waals surface area contributed by atoms with Crippen LogP contribution in [0.25, 0.3) is 0 Å². The lowest BCUT2D eigenvalue weighted by Gasteiger charge is -2.40. The lowest BCUT2D eigenvalue weighted by Crippen LogP contribution is -2.48. The van der Waals surface area contributed by atoms with Crippen LogP contribution in [-0.4, -0.2) is 57.7 Å². The summed E-state index contributed by atoms with van der Waals surface area (Å²) < 4.78 is 50.3. The van der Waals surface area contributed by atoms with E-state index >= 15 is 4.39 Å². The molecule has 1 aliphatic heterocycles. The van der Waals surface area contributed by atoms with Crippen molar-refractivity contribution in [3.8, 4) is 0 Å². The molecule has 2 atom stereocenters. The van der Waals surface area contributed by atoms with Crippen molar-refractivity contribution in [2.45, 2.75) is 48.1 Å². The molecular weight excluding hydrogens is 644 g/mol. The van der Waals surface area contributed by atoms with Crippen LogP contribution in [0.5, 0.6) is 0 Å². The number of halogens is 3. The zero-order valence-corrected chi connectivity index (χ0v) is 26.9. The molecule has 1 amide bonds.